The number of fused-ring (bicyclic) bond motifs is 2. The number of carbonyl (C=O) groups is 2. The van der Waals surface area contributed by atoms with Crippen molar-refractivity contribution in [1.82, 2.24) is 0 Å². The average Bonchev–Trinajstić information content (AvgIpc) is 3.22. The van der Waals surface area contributed by atoms with E-state index in [9.17, 15) is 9.59 Å². The Morgan fingerprint density at radius 3 is 2.32 bits per heavy atom. The van der Waals surface area contributed by atoms with Crippen LogP contribution in [0.15, 0.2) is 0 Å². The second-order valence-corrected chi connectivity index (χ2v) is 12.7. The van der Waals surface area contributed by atoms with Crippen LogP contribution in [0.5, 0.6) is 0 Å². The van der Waals surface area contributed by atoms with Crippen molar-refractivity contribution in [2.75, 3.05) is 0 Å². The summed E-state index contributed by atoms with van der Waals surface area (Å²) in [6.45, 7) is 12.1. The standard InChI is InChI=1S/C26H40O2/c1-17(10-15-27)18-8-11-24(5)20-7-6-19-22(2,3)21(28)9-12-25(19)16-26(20,25)14-13-23(18,24)4/h15,17-20H,6-14,16H2,1-5H3. The van der Waals surface area contributed by atoms with E-state index in [-0.39, 0.29) is 5.41 Å². The molecule has 8 unspecified atom stereocenters. The van der Waals surface area contributed by atoms with Crippen molar-refractivity contribution in [3.63, 3.8) is 0 Å². The van der Waals surface area contributed by atoms with Crippen LogP contribution in [0.25, 0.3) is 0 Å². The molecule has 0 aromatic carbocycles. The maximum atomic E-state index is 12.7. The SMILES string of the molecule is CC(CC=O)C1CCC2(C)C3CCC4C(C)(C)C(=O)CCC45CC35CCC12C. The molecule has 0 aromatic rings. The number of aldehydes is 1. The zero-order chi connectivity index (χ0) is 20.2. The number of rotatable bonds is 3. The molecule has 2 heteroatoms. The maximum Gasteiger partial charge on any atom is 0.138 e. The van der Waals surface area contributed by atoms with Gasteiger partial charge in [0.05, 0.1) is 0 Å². The van der Waals surface area contributed by atoms with Crippen molar-refractivity contribution < 1.29 is 9.59 Å². The van der Waals surface area contributed by atoms with Gasteiger partial charge in [-0.2, -0.15) is 0 Å². The van der Waals surface area contributed by atoms with Crippen molar-refractivity contribution in [2.24, 2.45) is 50.7 Å². The molecule has 5 fully saturated rings. The van der Waals surface area contributed by atoms with Gasteiger partial charge in [0.2, 0.25) is 0 Å². The molecular formula is C26H40O2. The monoisotopic (exact) mass is 384 g/mol. The predicted molar refractivity (Wildman–Crippen MR) is 112 cm³/mol. The fourth-order valence-corrected chi connectivity index (χ4v) is 10.4. The van der Waals surface area contributed by atoms with E-state index >= 15 is 0 Å². The van der Waals surface area contributed by atoms with Crippen molar-refractivity contribution in [3.8, 4) is 0 Å². The minimum Gasteiger partial charge on any atom is -0.303 e. The van der Waals surface area contributed by atoms with Gasteiger partial charge in [0.25, 0.3) is 0 Å². The molecule has 2 spiro atoms. The van der Waals surface area contributed by atoms with E-state index in [0.29, 0.717) is 45.2 Å². The molecule has 5 saturated carbocycles. The average molecular weight is 385 g/mol. The summed E-state index contributed by atoms with van der Waals surface area (Å²) in [5.74, 6) is 3.22. The fourth-order valence-electron chi connectivity index (χ4n) is 10.4. The largest absolute Gasteiger partial charge is 0.303 e. The Hall–Kier alpha value is -0.660. The van der Waals surface area contributed by atoms with Gasteiger partial charge >= 0.3 is 0 Å². The molecule has 28 heavy (non-hydrogen) atoms. The van der Waals surface area contributed by atoms with Crippen LogP contribution in [-0.2, 0) is 9.59 Å². The van der Waals surface area contributed by atoms with E-state index in [4.69, 9.17) is 0 Å². The molecule has 0 N–H and O–H groups in total. The van der Waals surface area contributed by atoms with Gasteiger partial charge in [0.1, 0.15) is 12.1 Å². The van der Waals surface area contributed by atoms with Gasteiger partial charge in [-0.25, -0.2) is 0 Å². The van der Waals surface area contributed by atoms with E-state index in [2.05, 4.69) is 34.6 Å². The molecule has 2 nitrogen and oxygen atoms in total. The van der Waals surface area contributed by atoms with Crippen LogP contribution in [0.1, 0.15) is 98.8 Å². The number of Topliss-reactive ketones (excluding diaryl/α,β-unsaturated/α-hetero) is 1. The predicted octanol–water partition coefficient (Wildman–Crippen LogP) is 6.22. The molecule has 0 radical (unpaired) electrons. The molecule has 0 saturated heterocycles. The highest BCUT2D eigenvalue weighted by Crippen LogP contribution is 2.88. The number of hydrogen-bond donors (Lipinski definition) is 0. The van der Waals surface area contributed by atoms with Crippen LogP contribution in [0.2, 0.25) is 0 Å². The molecule has 5 aliphatic rings. The number of carbonyl (C=O) groups excluding carboxylic acids is 2. The van der Waals surface area contributed by atoms with Crippen molar-refractivity contribution in [2.45, 2.75) is 98.8 Å². The summed E-state index contributed by atoms with van der Waals surface area (Å²) in [6, 6.07) is 0. The number of hydrogen-bond acceptors (Lipinski definition) is 2. The van der Waals surface area contributed by atoms with Gasteiger partial charge in [0.15, 0.2) is 0 Å². The van der Waals surface area contributed by atoms with Crippen LogP contribution in [-0.4, -0.2) is 12.1 Å². The second kappa shape index (κ2) is 5.52. The Kier molecular flexibility index (Phi) is 3.81. The third kappa shape index (κ3) is 1.92. The molecule has 0 bridgehead atoms. The van der Waals surface area contributed by atoms with Gasteiger partial charge in [-0.05, 0) is 96.7 Å². The van der Waals surface area contributed by atoms with E-state index in [1.165, 1.54) is 51.4 Å². The highest BCUT2D eigenvalue weighted by molar-refractivity contribution is 5.86. The molecular weight excluding hydrogens is 344 g/mol. The summed E-state index contributed by atoms with van der Waals surface area (Å²) < 4.78 is 0. The third-order valence-electron chi connectivity index (χ3n) is 12.1. The summed E-state index contributed by atoms with van der Waals surface area (Å²) >= 11 is 0. The topological polar surface area (TPSA) is 34.1 Å². The molecule has 0 aliphatic heterocycles. The third-order valence-corrected chi connectivity index (χ3v) is 12.1. The first-order valence-corrected chi connectivity index (χ1v) is 12.1. The maximum absolute atomic E-state index is 12.7. The van der Waals surface area contributed by atoms with Crippen LogP contribution in [0.4, 0.5) is 0 Å². The first-order chi connectivity index (χ1) is 13.1. The summed E-state index contributed by atoms with van der Waals surface area (Å²) in [5, 5.41) is 0. The zero-order valence-electron chi connectivity index (χ0n) is 18.8. The summed E-state index contributed by atoms with van der Waals surface area (Å²) in [5.41, 5.74) is 1.72. The summed E-state index contributed by atoms with van der Waals surface area (Å²) in [7, 11) is 0. The second-order valence-electron chi connectivity index (χ2n) is 12.7. The van der Waals surface area contributed by atoms with Crippen molar-refractivity contribution in [3.05, 3.63) is 0 Å². The highest BCUT2D eigenvalue weighted by Gasteiger charge is 2.82. The molecule has 0 aromatic heterocycles. The van der Waals surface area contributed by atoms with Crippen LogP contribution >= 0.6 is 0 Å². The molecule has 5 rings (SSSR count). The summed E-state index contributed by atoms with van der Waals surface area (Å²) in [6.07, 6.45) is 13.3. The van der Waals surface area contributed by atoms with Gasteiger partial charge in [0, 0.05) is 18.3 Å². The lowest BCUT2D eigenvalue weighted by Gasteiger charge is -2.62. The highest BCUT2D eigenvalue weighted by atomic mass is 16.1. The Balaban J connectivity index is 1.50. The fraction of sp³-hybridized carbons (Fsp3) is 0.923. The van der Waals surface area contributed by atoms with Crippen molar-refractivity contribution >= 4 is 12.1 Å². The van der Waals surface area contributed by atoms with Crippen molar-refractivity contribution in [1.29, 1.82) is 0 Å². The first-order valence-electron chi connectivity index (χ1n) is 12.1. The molecule has 5 aliphatic carbocycles. The van der Waals surface area contributed by atoms with Gasteiger partial charge in [-0.15, -0.1) is 0 Å². The van der Waals surface area contributed by atoms with E-state index in [1.807, 2.05) is 0 Å². The first kappa shape index (κ1) is 19.3. The van der Waals surface area contributed by atoms with E-state index in [1.54, 1.807) is 0 Å². The van der Waals surface area contributed by atoms with Gasteiger partial charge in [-0.1, -0.05) is 34.6 Å². The van der Waals surface area contributed by atoms with Crippen LogP contribution in [0, 0.1) is 50.7 Å². The smallest absolute Gasteiger partial charge is 0.138 e. The number of ketones is 1. The Morgan fingerprint density at radius 2 is 1.61 bits per heavy atom. The Bertz CT molecular complexity index is 724. The molecule has 0 heterocycles. The molecule has 0 amide bonds. The Morgan fingerprint density at radius 1 is 0.929 bits per heavy atom. The Labute approximate surface area is 171 Å². The lowest BCUT2D eigenvalue weighted by molar-refractivity contribution is -0.157. The minimum atomic E-state index is -0.106. The van der Waals surface area contributed by atoms with E-state index in [0.717, 1.165) is 25.0 Å². The molecule has 8 atom stereocenters. The quantitative estimate of drug-likeness (QED) is 0.541. The lowest BCUT2D eigenvalue weighted by atomic mass is 9.42. The van der Waals surface area contributed by atoms with Crippen LogP contribution in [0.3, 0.4) is 0 Å². The zero-order valence-corrected chi connectivity index (χ0v) is 18.8. The molecule has 156 valence electrons. The minimum absolute atomic E-state index is 0.106. The lowest BCUT2D eigenvalue weighted by Crippen LogP contribution is -2.57. The summed E-state index contributed by atoms with van der Waals surface area (Å²) in [4.78, 5) is 24.0. The van der Waals surface area contributed by atoms with Gasteiger partial charge < -0.3 is 4.79 Å². The normalized spacial score (nSPS) is 54.8. The van der Waals surface area contributed by atoms with E-state index < -0.39 is 0 Å². The van der Waals surface area contributed by atoms with Crippen LogP contribution < -0.4 is 0 Å². The van der Waals surface area contributed by atoms with Gasteiger partial charge in [-0.3, -0.25) is 4.79 Å².